The normalized spacial score (nSPS) is 10.5. The van der Waals surface area contributed by atoms with Crippen LogP contribution in [0.2, 0.25) is 5.02 Å². The predicted molar refractivity (Wildman–Crippen MR) is 92.2 cm³/mol. The Labute approximate surface area is 145 Å². The van der Waals surface area contributed by atoms with Crippen LogP contribution in [0.3, 0.4) is 0 Å². The van der Waals surface area contributed by atoms with Gasteiger partial charge in [0, 0.05) is 5.02 Å². The molecule has 0 spiro atoms. The number of ether oxygens (including phenoxy) is 3. The highest BCUT2D eigenvalue weighted by Gasteiger charge is 2.04. The molecule has 0 aliphatic heterocycles. The highest BCUT2D eigenvalue weighted by atomic mass is 35.5. The molecule has 0 fully saturated rings. The number of benzene rings is 2. The third-order valence-corrected chi connectivity index (χ3v) is 3.25. The van der Waals surface area contributed by atoms with Crippen molar-refractivity contribution in [2.24, 2.45) is 5.10 Å². The first-order valence-corrected chi connectivity index (χ1v) is 7.42. The van der Waals surface area contributed by atoms with Crippen molar-refractivity contribution in [1.29, 1.82) is 0 Å². The Bertz CT molecular complexity index is 717. The predicted octanol–water partition coefficient (Wildman–Crippen LogP) is 2.89. The first-order chi connectivity index (χ1) is 11.6. The van der Waals surface area contributed by atoms with Gasteiger partial charge in [0.15, 0.2) is 18.1 Å². The number of nitrogens with one attached hydrogen (secondary N) is 1. The Balaban J connectivity index is 1.84. The molecular weight excluding hydrogens is 332 g/mol. The van der Waals surface area contributed by atoms with Crippen molar-refractivity contribution in [3.8, 4) is 17.2 Å². The van der Waals surface area contributed by atoms with Crippen LogP contribution >= 0.6 is 11.6 Å². The van der Waals surface area contributed by atoms with Gasteiger partial charge in [0.1, 0.15) is 5.75 Å². The number of carbonyl (C=O) groups is 1. The van der Waals surface area contributed by atoms with Crippen LogP contribution < -0.4 is 19.6 Å². The van der Waals surface area contributed by atoms with Crippen LogP contribution in [0.15, 0.2) is 47.6 Å². The molecule has 0 aliphatic rings. The molecule has 6 nitrogen and oxygen atoms in total. The topological polar surface area (TPSA) is 69.2 Å². The third-order valence-electron chi connectivity index (χ3n) is 2.99. The fraction of sp³-hybridized carbons (Fsp3) is 0.176. The molecule has 0 saturated carbocycles. The van der Waals surface area contributed by atoms with Gasteiger partial charge in [-0.2, -0.15) is 5.10 Å². The Morgan fingerprint density at radius 3 is 2.50 bits per heavy atom. The molecule has 1 N–H and O–H groups in total. The summed E-state index contributed by atoms with van der Waals surface area (Å²) in [6, 6.07) is 12.0. The van der Waals surface area contributed by atoms with Crippen LogP contribution in [0.25, 0.3) is 0 Å². The number of hydrogen-bond donors (Lipinski definition) is 1. The van der Waals surface area contributed by atoms with E-state index < -0.39 is 0 Å². The molecule has 0 radical (unpaired) electrons. The minimum atomic E-state index is -0.373. The molecule has 24 heavy (non-hydrogen) atoms. The number of halogens is 1. The molecule has 0 heterocycles. The van der Waals surface area contributed by atoms with E-state index in [0.717, 1.165) is 5.56 Å². The van der Waals surface area contributed by atoms with E-state index in [9.17, 15) is 4.79 Å². The standard InChI is InChI=1S/C17H17ClN2O4/c1-22-15-8-3-12(9-16(15)23-2)10-19-20-17(21)11-24-14-6-4-13(18)5-7-14/h3-10H,11H2,1-2H3,(H,20,21). The Morgan fingerprint density at radius 2 is 1.83 bits per heavy atom. The fourth-order valence-electron chi connectivity index (χ4n) is 1.82. The fourth-order valence-corrected chi connectivity index (χ4v) is 1.95. The van der Waals surface area contributed by atoms with E-state index in [1.165, 1.54) is 6.21 Å². The highest BCUT2D eigenvalue weighted by Crippen LogP contribution is 2.26. The molecule has 126 valence electrons. The summed E-state index contributed by atoms with van der Waals surface area (Å²) in [6.07, 6.45) is 1.50. The van der Waals surface area contributed by atoms with E-state index in [2.05, 4.69) is 10.5 Å². The van der Waals surface area contributed by atoms with Crippen molar-refractivity contribution in [3.05, 3.63) is 53.1 Å². The average molecular weight is 349 g/mol. The average Bonchev–Trinajstić information content (AvgIpc) is 2.61. The molecule has 0 aliphatic carbocycles. The molecule has 2 aromatic rings. The Hall–Kier alpha value is -2.73. The van der Waals surface area contributed by atoms with E-state index in [-0.39, 0.29) is 12.5 Å². The van der Waals surface area contributed by atoms with E-state index in [4.69, 9.17) is 25.8 Å². The second-order valence-electron chi connectivity index (χ2n) is 4.65. The maximum Gasteiger partial charge on any atom is 0.277 e. The van der Waals surface area contributed by atoms with Crippen LogP contribution in [0.5, 0.6) is 17.2 Å². The van der Waals surface area contributed by atoms with Gasteiger partial charge in [-0.25, -0.2) is 5.43 Å². The second-order valence-corrected chi connectivity index (χ2v) is 5.09. The van der Waals surface area contributed by atoms with Gasteiger partial charge in [-0.3, -0.25) is 4.79 Å². The van der Waals surface area contributed by atoms with Crippen molar-refractivity contribution in [2.45, 2.75) is 0 Å². The van der Waals surface area contributed by atoms with Crippen LogP contribution in [-0.4, -0.2) is 32.9 Å². The van der Waals surface area contributed by atoms with Crippen LogP contribution in [0.4, 0.5) is 0 Å². The summed E-state index contributed by atoms with van der Waals surface area (Å²) >= 11 is 5.77. The summed E-state index contributed by atoms with van der Waals surface area (Å²) in [5.74, 6) is 1.38. The van der Waals surface area contributed by atoms with Crippen LogP contribution in [-0.2, 0) is 4.79 Å². The quantitative estimate of drug-likeness (QED) is 0.617. The lowest BCUT2D eigenvalue weighted by Gasteiger charge is -2.07. The van der Waals surface area contributed by atoms with Gasteiger partial charge in [-0.15, -0.1) is 0 Å². The largest absolute Gasteiger partial charge is 0.493 e. The molecule has 7 heteroatoms. The lowest BCUT2D eigenvalue weighted by atomic mass is 10.2. The highest BCUT2D eigenvalue weighted by molar-refractivity contribution is 6.30. The number of hydrazone groups is 1. The molecule has 0 saturated heterocycles. The number of carbonyl (C=O) groups excluding carboxylic acids is 1. The van der Waals surface area contributed by atoms with E-state index in [1.54, 1.807) is 56.7 Å². The number of rotatable bonds is 7. The van der Waals surface area contributed by atoms with Gasteiger partial charge in [-0.1, -0.05) is 11.6 Å². The summed E-state index contributed by atoms with van der Waals surface area (Å²) in [4.78, 5) is 11.7. The lowest BCUT2D eigenvalue weighted by Crippen LogP contribution is -2.24. The summed E-state index contributed by atoms with van der Waals surface area (Å²) in [5.41, 5.74) is 3.14. The molecule has 1 amide bonds. The van der Waals surface area contributed by atoms with Gasteiger partial charge in [-0.05, 0) is 48.0 Å². The summed E-state index contributed by atoms with van der Waals surface area (Å²) in [6.45, 7) is -0.148. The van der Waals surface area contributed by atoms with E-state index >= 15 is 0 Å². The van der Waals surface area contributed by atoms with Crippen LogP contribution in [0.1, 0.15) is 5.56 Å². The summed E-state index contributed by atoms with van der Waals surface area (Å²) < 4.78 is 15.7. The van der Waals surface area contributed by atoms with Gasteiger partial charge < -0.3 is 14.2 Å². The van der Waals surface area contributed by atoms with Gasteiger partial charge >= 0.3 is 0 Å². The number of amides is 1. The zero-order valence-corrected chi connectivity index (χ0v) is 14.0. The Morgan fingerprint density at radius 1 is 1.12 bits per heavy atom. The molecule has 2 aromatic carbocycles. The molecular formula is C17H17ClN2O4. The molecule has 0 bridgehead atoms. The molecule has 0 aromatic heterocycles. The summed E-state index contributed by atoms with van der Waals surface area (Å²) in [5, 5.41) is 4.48. The van der Waals surface area contributed by atoms with Crippen molar-refractivity contribution in [3.63, 3.8) is 0 Å². The van der Waals surface area contributed by atoms with E-state index in [0.29, 0.717) is 22.3 Å². The second kappa shape index (κ2) is 8.79. The monoisotopic (exact) mass is 348 g/mol. The van der Waals surface area contributed by atoms with Crippen molar-refractivity contribution in [2.75, 3.05) is 20.8 Å². The van der Waals surface area contributed by atoms with Crippen molar-refractivity contribution in [1.82, 2.24) is 5.43 Å². The maximum atomic E-state index is 11.7. The van der Waals surface area contributed by atoms with E-state index in [1.807, 2.05) is 0 Å². The van der Waals surface area contributed by atoms with Crippen molar-refractivity contribution >= 4 is 23.7 Å². The molecule has 2 rings (SSSR count). The van der Waals surface area contributed by atoms with Gasteiger partial charge in [0.25, 0.3) is 5.91 Å². The minimum absolute atomic E-state index is 0.148. The van der Waals surface area contributed by atoms with Gasteiger partial charge in [0.2, 0.25) is 0 Å². The number of nitrogens with zero attached hydrogens (tertiary/aromatic N) is 1. The lowest BCUT2D eigenvalue weighted by molar-refractivity contribution is -0.123. The zero-order valence-electron chi connectivity index (χ0n) is 13.3. The first-order valence-electron chi connectivity index (χ1n) is 7.04. The van der Waals surface area contributed by atoms with Crippen molar-refractivity contribution < 1.29 is 19.0 Å². The molecule has 0 unspecified atom stereocenters. The Kier molecular flexibility index (Phi) is 6.45. The van der Waals surface area contributed by atoms with Crippen LogP contribution in [0, 0.1) is 0 Å². The van der Waals surface area contributed by atoms with Gasteiger partial charge in [0.05, 0.1) is 20.4 Å². The zero-order chi connectivity index (χ0) is 17.4. The molecule has 0 atom stereocenters. The first kappa shape index (κ1) is 17.6. The number of methoxy groups -OCH3 is 2. The third kappa shape index (κ3) is 5.17. The number of hydrogen-bond acceptors (Lipinski definition) is 5. The smallest absolute Gasteiger partial charge is 0.277 e. The SMILES string of the molecule is COc1ccc(C=NNC(=O)COc2ccc(Cl)cc2)cc1OC. The minimum Gasteiger partial charge on any atom is -0.493 e. The summed E-state index contributed by atoms with van der Waals surface area (Å²) in [7, 11) is 3.11. The maximum absolute atomic E-state index is 11.7.